The summed E-state index contributed by atoms with van der Waals surface area (Å²) in [6.07, 6.45) is 6.11. The van der Waals surface area contributed by atoms with Gasteiger partial charge in [-0.25, -0.2) is 4.39 Å². The summed E-state index contributed by atoms with van der Waals surface area (Å²) < 4.78 is 13.6. The molecule has 0 saturated carbocycles. The second kappa shape index (κ2) is 12.3. The molecule has 3 aromatic rings. The number of carbonyl (C=O) groups is 2. The topological polar surface area (TPSA) is 40.6 Å². The number of hydrogen-bond acceptors (Lipinski definition) is 3. The van der Waals surface area contributed by atoms with Gasteiger partial charge < -0.3 is 9.80 Å². The fraction of sp³-hybridized carbons (Fsp3) is 0.400. The van der Waals surface area contributed by atoms with Crippen LogP contribution in [0.5, 0.6) is 0 Å². The van der Waals surface area contributed by atoms with Crippen LogP contribution in [-0.2, 0) is 17.6 Å². The van der Waals surface area contributed by atoms with Crippen molar-refractivity contribution >= 4 is 23.2 Å². The van der Waals surface area contributed by atoms with Crippen molar-refractivity contribution in [2.45, 2.75) is 58.4 Å². The minimum absolute atomic E-state index is 0.0299. The maximum atomic E-state index is 13.7. The van der Waals surface area contributed by atoms with Crippen molar-refractivity contribution in [3.8, 4) is 0 Å². The first-order valence-corrected chi connectivity index (χ1v) is 13.9. The molecule has 2 heterocycles. The smallest absolute Gasteiger partial charge is 0.254 e. The molecule has 6 heteroatoms. The van der Waals surface area contributed by atoms with E-state index in [2.05, 4.69) is 13.0 Å². The van der Waals surface area contributed by atoms with Crippen LogP contribution in [0.3, 0.4) is 0 Å². The van der Waals surface area contributed by atoms with Crippen LogP contribution in [0, 0.1) is 5.82 Å². The van der Waals surface area contributed by atoms with Crippen molar-refractivity contribution in [1.29, 1.82) is 0 Å². The number of halogens is 1. The molecule has 0 fully saturated rings. The summed E-state index contributed by atoms with van der Waals surface area (Å²) >= 11 is 1.70. The van der Waals surface area contributed by atoms with Gasteiger partial charge in [-0.1, -0.05) is 51.0 Å². The molecule has 190 valence electrons. The van der Waals surface area contributed by atoms with E-state index in [4.69, 9.17) is 0 Å². The van der Waals surface area contributed by atoms with E-state index in [0.29, 0.717) is 18.7 Å². The van der Waals surface area contributed by atoms with E-state index in [1.165, 1.54) is 35.4 Å². The van der Waals surface area contributed by atoms with Crippen LogP contribution >= 0.6 is 11.3 Å². The summed E-state index contributed by atoms with van der Waals surface area (Å²) in [5.74, 6) is -0.495. The molecule has 1 aliphatic heterocycles. The molecule has 1 atom stereocenters. The molecule has 0 N–H and O–H groups in total. The molecule has 36 heavy (non-hydrogen) atoms. The molecule has 2 amide bonds. The molecular formula is C30H35FN2O2S. The molecular weight excluding hydrogens is 471 g/mol. The van der Waals surface area contributed by atoms with Gasteiger partial charge in [0.2, 0.25) is 5.91 Å². The zero-order valence-corrected chi connectivity index (χ0v) is 22.0. The Morgan fingerprint density at radius 3 is 2.44 bits per heavy atom. The summed E-state index contributed by atoms with van der Waals surface area (Å²) in [4.78, 5) is 31.8. The van der Waals surface area contributed by atoms with Crippen LogP contribution in [-0.4, -0.2) is 41.2 Å². The normalized spacial score (nSPS) is 15.0. The predicted molar refractivity (Wildman–Crippen MR) is 144 cm³/mol. The van der Waals surface area contributed by atoms with Crippen molar-refractivity contribution < 1.29 is 14.0 Å². The molecule has 2 aromatic carbocycles. The number of carbonyl (C=O) groups excluding carboxylic acids is 2. The lowest BCUT2D eigenvalue weighted by Crippen LogP contribution is -2.47. The van der Waals surface area contributed by atoms with Crippen LogP contribution in [0.4, 0.5) is 4.39 Å². The average Bonchev–Trinajstić information content (AvgIpc) is 3.37. The van der Waals surface area contributed by atoms with Crippen molar-refractivity contribution in [1.82, 2.24) is 9.80 Å². The van der Waals surface area contributed by atoms with Crippen molar-refractivity contribution in [2.75, 3.05) is 19.6 Å². The van der Waals surface area contributed by atoms with Gasteiger partial charge in [0.1, 0.15) is 12.4 Å². The Bertz CT molecular complexity index is 1160. The standard InChI is InChI=1S/C30H35FN2O2S/c1-3-5-6-7-22-8-10-24(11-9-22)30(35)32(18-4-2)21-28(34)33-19-16-27-26(17-20-36-27)29(33)23-12-14-25(31)15-13-23/h8-15,17,20,29H,3-7,16,18-19,21H2,1-2H3/t29-/m0/s1. The van der Waals surface area contributed by atoms with E-state index in [1.807, 2.05) is 41.5 Å². The second-order valence-electron chi connectivity index (χ2n) is 9.47. The number of nitrogens with zero attached hydrogens (tertiary/aromatic N) is 2. The van der Waals surface area contributed by atoms with Gasteiger partial charge in [-0.2, -0.15) is 0 Å². The first-order valence-electron chi connectivity index (χ1n) is 13.0. The number of aryl methyl sites for hydroxylation is 1. The van der Waals surface area contributed by atoms with Gasteiger partial charge in [-0.3, -0.25) is 9.59 Å². The SMILES string of the molecule is CCCCCc1ccc(C(=O)N(CCC)CC(=O)N2CCc3sccc3[C@@H]2c2ccc(F)cc2)cc1. The maximum absolute atomic E-state index is 13.7. The lowest BCUT2D eigenvalue weighted by molar-refractivity contribution is -0.134. The van der Waals surface area contributed by atoms with Crippen molar-refractivity contribution in [3.63, 3.8) is 0 Å². The Labute approximate surface area is 217 Å². The molecule has 0 unspecified atom stereocenters. The monoisotopic (exact) mass is 506 g/mol. The number of thiophene rings is 1. The summed E-state index contributed by atoms with van der Waals surface area (Å²) in [7, 11) is 0. The molecule has 0 aliphatic carbocycles. The Morgan fingerprint density at radius 2 is 1.75 bits per heavy atom. The van der Waals surface area contributed by atoms with Crippen LogP contribution < -0.4 is 0 Å². The van der Waals surface area contributed by atoms with E-state index < -0.39 is 0 Å². The average molecular weight is 507 g/mol. The largest absolute Gasteiger partial charge is 0.330 e. The van der Waals surface area contributed by atoms with E-state index in [0.717, 1.165) is 36.8 Å². The first-order chi connectivity index (χ1) is 17.5. The Balaban J connectivity index is 1.51. The third-order valence-electron chi connectivity index (χ3n) is 6.85. The molecule has 1 aliphatic rings. The minimum Gasteiger partial charge on any atom is -0.330 e. The quantitative estimate of drug-likeness (QED) is 0.289. The minimum atomic E-state index is -0.297. The lowest BCUT2D eigenvalue weighted by atomic mass is 9.93. The van der Waals surface area contributed by atoms with Crippen LogP contribution in [0.1, 0.15) is 77.5 Å². The summed E-state index contributed by atoms with van der Waals surface area (Å²) in [6.45, 7) is 5.33. The van der Waals surface area contributed by atoms with Crippen molar-refractivity contribution in [3.05, 3.63) is 92.9 Å². The molecule has 0 saturated heterocycles. The highest BCUT2D eigenvalue weighted by Gasteiger charge is 2.34. The van der Waals surface area contributed by atoms with E-state index in [-0.39, 0.29) is 30.2 Å². The molecule has 4 nitrogen and oxygen atoms in total. The summed E-state index contributed by atoms with van der Waals surface area (Å²) in [5.41, 5.74) is 3.83. The van der Waals surface area contributed by atoms with Gasteiger partial charge in [-0.15, -0.1) is 11.3 Å². The zero-order valence-electron chi connectivity index (χ0n) is 21.2. The number of benzene rings is 2. The van der Waals surface area contributed by atoms with Crippen molar-refractivity contribution in [2.24, 2.45) is 0 Å². The molecule has 1 aromatic heterocycles. The third kappa shape index (κ3) is 6.04. The van der Waals surface area contributed by atoms with Crippen LogP contribution in [0.2, 0.25) is 0 Å². The van der Waals surface area contributed by atoms with E-state index in [9.17, 15) is 14.0 Å². The van der Waals surface area contributed by atoms with Gasteiger partial charge in [0, 0.05) is 23.5 Å². The Hall–Kier alpha value is -2.99. The van der Waals surface area contributed by atoms with Gasteiger partial charge in [0.15, 0.2) is 0 Å². The van der Waals surface area contributed by atoms with E-state index >= 15 is 0 Å². The fourth-order valence-corrected chi connectivity index (χ4v) is 5.85. The summed E-state index contributed by atoms with van der Waals surface area (Å²) in [5, 5.41) is 2.05. The molecule has 4 rings (SSSR count). The predicted octanol–water partition coefficient (Wildman–Crippen LogP) is 6.65. The third-order valence-corrected chi connectivity index (χ3v) is 7.85. The highest BCUT2D eigenvalue weighted by molar-refractivity contribution is 7.10. The first kappa shape index (κ1) is 26.1. The summed E-state index contributed by atoms with van der Waals surface area (Å²) in [6, 6.07) is 16.0. The maximum Gasteiger partial charge on any atom is 0.254 e. The van der Waals surface area contributed by atoms with Gasteiger partial charge in [0.05, 0.1) is 6.04 Å². The number of hydrogen-bond donors (Lipinski definition) is 0. The van der Waals surface area contributed by atoms with Crippen LogP contribution in [0.25, 0.3) is 0 Å². The molecule has 0 spiro atoms. The van der Waals surface area contributed by atoms with Gasteiger partial charge in [-0.05, 0) is 78.1 Å². The van der Waals surface area contributed by atoms with Gasteiger partial charge in [0.25, 0.3) is 5.91 Å². The highest BCUT2D eigenvalue weighted by atomic mass is 32.1. The fourth-order valence-electron chi connectivity index (χ4n) is 4.94. The number of fused-ring (bicyclic) bond motifs is 1. The van der Waals surface area contributed by atoms with Gasteiger partial charge >= 0.3 is 0 Å². The number of rotatable bonds is 10. The second-order valence-corrected chi connectivity index (χ2v) is 10.5. The number of amides is 2. The zero-order chi connectivity index (χ0) is 25.5. The Kier molecular flexibility index (Phi) is 8.92. The van der Waals surface area contributed by atoms with E-state index in [1.54, 1.807) is 28.4 Å². The number of unbranched alkanes of at least 4 members (excludes halogenated alkanes) is 2. The Morgan fingerprint density at radius 1 is 1.00 bits per heavy atom. The lowest BCUT2D eigenvalue weighted by Gasteiger charge is -2.37. The highest BCUT2D eigenvalue weighted by Crippen LogP contribution is 2.38. The van der Waals surface area contributed by atoms with Crippen LogP contribution in [0.15, 0.2) is 60.0 Å². The molecule has 0 bridgehead atoms. The molecule has 0 radical (unpaired) electrons.